The number of aliphatic hydroxyl groups excluding tert-OH is 2. The van der Waals surface area contributed by atoms with E-state index < -0.39 is 84.6 Å². The summed E-state index contributed by atoms with van der Waals surface area (Å²) in [7, 11) is -16.4. The summed E-state index contributed by atoms with van der Waals surface area (Å²) in [4.78, 5) is 88.3. The van der Waals surface area contributed by atoms with Gasteiger partial charge in [0, 0.05) is 37.1 Å². The van der Waals surface area contributed by atoms with Crippen LogP contribution in [0.4, 0.5) is 5.82 Å². The number of nitrogens with one attached hydrogen (secondary N) is 2. The molecule has 28 heteroatoms. The zero-order valence-corrected chi connectivity index (χ0v) is 40.9. The number of anilines is 1. The molecule has 3 unspecified atom stereocenters. The molecule has 2 aromatic heterocycles. The number of amides is 2. The second-order valence-electron chi connectivity index (χ2n) is 16.3. The van der Waals surface area contributed by atoms with Crippen molar-refractivity contribution in [3.05, 3.63) is 24.8 Å². The van der Waals surface area contributed by atoms with E-state index in [4.69, 9.17) is 19.5 Å². The van der Waals surface area contributed by atoms with Gasteiger partial charge >= 0.3 is 23.5 Å². The van der Waals surface area contributed by atoms with Crippen LogP contribution in [0, 0.1) is 5.41 Å². The summed E-state index contributed by atoms with van der Waals surface area (Å²) in [5.74, 6) is -1.03. The number of phosphoric acid groups is 3. The van der Waals surface area contributed by atoms with Crippen molar-refractivity contribution in [1.82, 2.24) is 30.2 Å². The lowest BCUT2D eigenvalue weighted by Crippen LogP contribution is -2.46. The summed E-state index contributed by atoms with van der Waals surface area (Å²) < 4.78 is 62.4. The number of unbranched alkanes of at least 4 members (excludes halogenated alkanes) is 10. The number of carbonyl (C=O) groups is 3. The van der Waals surface area contributed by atoms with Crippen molar-refractivity contribution in [3.8, 4) is 0 Å². The predicted molar refractivity (Wildman–Crippen MR) is 242 cm³/mol. The highest BCUT2D eigenvalue weighted by atomic mass is 32.2. The third kappa shape index (κ3) is 20.9. The number of nitrogens with zero attached hydrogens (tertiary/aromatic N) is 4. The maximum atomic E-state index is 12.7. The van der Waals surface area contributed by atoms with E-state index in [2.05, 4.69) is 53.5 Å². The molecule has 0 aliphatic carbocycles. The number of hydrogen-bond acceptors (Lipinski definition) is 18. The number of carbonyl (C=O) groups excluding carboxylic acids is 3. The highest BCUT2D eigenvalue weighted by Crippen LogP contribution is 2.61. The summed E-state index contributed by atoms with van der Waals surface area (Å²) in [6.07, 6.45) is 12.0. The molecular weight excluding hydrogens is 951 g/mol. The van der Waals surface area contributed by atoms with Gasteiger partial charge in [-0.1, -0.05) is 89.6 Å². The minimum Gasteiger partial charge on any atom is -0.386 e. The number of phosphoric ester groups is 3. The summed E-state index contributed by atoms with van der Waals surface area (Å²) in [6, 6.07) is 0. The van der Waals surface area contributed by atoms with Crippen LogP contribution in [0.15, 0.2) is 24.8 Å². The molecule has 1 aliphatic rings. The Morgan fingerprint density at radius 1 is 0.909 bits per heavy atom. The molecule has 1 aliphatic heterocycles. The summed E-state index contributed by atoms with van der Waals surface area (Å²) >= 11 is 1.15. The molecule has 66 heavy (non-hydrogen) atoms. The third-order valence-corrected chi connectivity index (χ3v) is 14.2. The Balaban J connectivity index is 1.32. The molecule has 0 saturated carbocycles. The van der Waals surface area contributed by atoms with Crippen molar-refractivity contribution >= 4 is 69.1 Å². The molecule has 0 spiro atoms. The van der Waals surface area contributed by atoms with Gasteiger partial charge in [-0.05, 0) is 32.1 Å². The van der Waals surface area contributed by atoms with Crippen molar-refractivity contribution in [1.29, 1.82) is 0 Å². The Labute approximate surface area is 388 Å². The van der Waals surface area contributed by atoms with E-state index in [-0.39, 0.29) is 41.6 Å². The first kappa shape index (κ1) is 57.6. The normalized spacial score (nSPS) is 20.3. The molecule has 2 amide bonds. The van der Waals surface area contributed by atoms with Gasteiger partial charge in [0.15, 0.2) is 22.8 Å². The lowest BCUT2D eigenvalue weighted by atomic mass is 9.87. The lowest BCUT2D eigenvalue weighted by molar-refractivity contribution is -0.137. The topological polar surface area (TPSA) is 364 Å². The second-order valence-corrected chi connectivity index (χ2v) is 21.7. The molecule has 24 nitrogen and oxygen atoms in total. The van der Waals surface area contributed by atoms with Gasteiger partial charge in [0.25, 0.3) is 0 Å². The highest BCUT2D eigenvalue weighted by molar-refractivity contribution is 8.13. The molecular formula is C38H66N7O17P3S. The fourth-order valence-electron chi connectivity index (χ4n) is 6.53. The van der Waals surface area contributed by atoms with Crippen molar-refractivity contribution in [3.63, 3.8) is 0 Å². The minimum absolute atomic E-state index is 0.0330. The van der Waals surface area contributed by atoms with Crippen LogP contribution in [0.3, 0.4) is 0 Å². The minimum atomic E-state index is -5.57. The smallest absolute Gasteiger partial charge is 0.386 e. The number of aromatic nitrogens is 4. The molecule has 1 fully saturated rings. The quantitative estimate of drug-likeness (QED) is 0.0273. The van der Waals surface area contributed by atoms with Crippen LogP contribution >= 0.6 is 35.2 Å². The zero-order valence-electron chi connectivity index (χ0n) is 37.4. The molecule has 0 bridgehead atoms. The number of thioether (sulfide) groups is 1. The number of fused-ring (bicyclic) bond motifs is 1. The number of rotatable bonds is 33. The van der Waals surface area contributed by atoms with Crippen LogP contribution in [0.1, 0.15) is 117 Å². The molecule has 0 aromatic carbocycles. The number of imidazole rings is 1. The van der Waals surface area contributed by atoms with Gasteiger partial charge in [0.05, 0.1) is 19.5 Å². The molecule has 0 radical (unpaired) electrons. The van der Waals surface area contributed by atoms with E-state index in [1.807, 2.05) is 0 Å². The van der Waals surface area contributed by atoms with Gasteiger partial charge in [-0.15, -0.1) is 0 Å². The lowest BCUT2D eigenvalue weighted by Gasteiger charge is -2.30. The van der Waals surface area contributed by atoms with Crippen LogP contribution in [-0.4, -0.2) is 123 Å². The Kier molecular flexibility index (Phi) is 24.5. The highest BCUT2D eigenvalue weighted by Gasteiger charge is 2.50. The summed E-state index contributed by atoms with van der Waals surface area (Å²) in [6.45, 7) is 2.78. The zero-order chi connectivity index (χ0) is 49.0. The number of aliphatic hydroxyl groups is 2. The molecule has 7 atom stereocenters. The van der Waals surface area contributed by atoms with Gasteiger partial charge in [-0.25, -0.2) is 28.6 Å². The van der Waals surface area contributed by atoms with Gasteiger partial charge in [-0.3, -0.25) is 32.5 Å². The molecule has 1 saturated heterocycles. The Morgan fingerprint density at radius 3 is 2.21 bits per heavy atom. The van der Waals surface area contributed by atoms with Gasteiger partial charge in [0.1, 0.15) is 36.3 Å². The Bertz CT molecular complexity index is 2030. The number of hydrogen-bond donors (Lipinski definition) is 9. The largest absolute Gasteiger partial charge is 0.481 e. The maximum Gasteiger partial charge on any atom is 0.481 e. The van der Waals surface area contributed by atoms with Crippen molar-refractivity contribution in [2.24, 2.45) is 5.41 Å². The van der Waals surface area contributed by atoms with Gasteiger partial charge in [0.2, 0.25) is 11.8 Å². The Hall–Kier alpha value is -2.70. The molecule has 3 heterocycles. The van der Waals surface area contributed by atoms with Crippen LogP contribution < -0.4 is 16.4 Å². The first-order valence-corrected chi connectivity index (χ1v) is 27.3. The number of allylic oxidation sites excluding steroid dienone is 2. The average Bonchev–Trinajstić information content (AvgIpc) is 3.80. The van der Waals surface area contributed by atoms with Crippen LogP contribution in [0.2, 0.25) is 0 Å². The van der Waals surface area contributed by atoms with Crippen molar-refractivity contribution in [2.45, 2.75) is 141 Å². The predicted octanol–water partition coefficient (Wildman–Crippen LogP) is 4.31. The fraction of sp³-hybridized carbons (Fsp3) is 0.737. The first-order valence-electron chi connectivity index (χ1n) is 21.8. The number of nitrogens with two attached hydrogens (primary N) is 1. The SMILES string of the molecule is CCCCCC/C=C\CCCCCCCCC(=O)SCCNC(=O)CCNC(=O)[C@H](O)C(C)(C)COP(=O)(O)OP(=O)(O)OC[C@H]1O[C@@H](n2cnc3c(N)ncnc32)C(O)[C@H]1OP(=O)(O)O. The second kappa shape index (κ2) is 28.1. The van der Waals surface area contributed by atoms with E-state index >= 15 is 0 Å². The van der Waals surface area contributed by atoms with Gasteiger partial charge < -0.3 is 50.9 Å². The molecule has 2 aromatic rings. The standard InChI is InChI=1S/C38H66N7O17P3S/c1-4-5-6-7-8-9-10-11-12-13-14-15-16-17-18-29(47)66-22-21-40-28(46)19-20-41-36(50)33(49)38(2,3)24-59-65(56,57)62-64(54,55)58-23-27-32(61-63(51,52)53)31(48)37(60-27)45-26-44-30-34(39)42-25-43-35(30)45/h9-10,25-27,31-33,37,48-49H,4-8,11-24H2,1-3H3,(H,40,46)(H,41,50)(H,54,55)(H,56,57)(H2,39,42,43)(H2,51,52,53)/b10-9-/t27-,31?,32+,33+,37-/m1/s1. The maximum absolute atomic E-state index is 12.7. The summed E-state index contributed by atoms with van der Waals surface area (Å²) in [5.41, 5.74) is 4.28. The fourth-order valence-corrected chi connectivity index (χ4v) is 10.1. The van der Waals surface area contributed by atoms with Gasteiger partial charge in [-0.2, -0.15) is 4.31 Å². The van der Waals surface area contributed by atoms with E-state index in [9.17, 15) is 57.9 Å². The van der Waals surface area contributed by atoms with Crippen LogP contribution in [0.25, 0.3) is 11.2 Å². The Morgan fingerprint density at radius 2 is 1.55 bits per heavy atom. The molecule has 3 rings (SSSR count). The van der Waals surface area contributed by atoms with E-state index in [1.54, 1.807) is 0 Å². The molecule has 376 valence electrons. The number of nitrogen functional groups attached to an aromatic ring is 1. The van der Waals surface area contributed by atoms with Crippen molar-refractivity contribution in [2.75, 3.05) is 37.8 Å². The van der Waals surface area contributed by atoms with Crippen molar-refractivity contribution < 1.29 is 80.5 Å². The third-order valence-electron chi connectivity index (χ3n) is 10.2. The van der Waals surface area contributed by atoms with E-state index in [1.165, 1.54) is 58.8 Å². The number of ether oxygens (including phenoxy) is 1. The average molecular weight is 1020 g/mol. The molecule has 10 N–H and O–H groups in total. The van der Waals surface area contributed by atoms with E-state index in [0.717, 1.165) is 61.1 Å². The summed E-state index contributed by atoms with van der Waals surface area (Å²) in [5, 5.41) is 26.6. The van der Waals surface area contributed by atoms with Crippen LogP contribution in [0.5, 0.6) is 0 Å². The first-order chi connectivity index (χ1) is 31.1. The monoisotopic (exact) mass is 1020 g/mol. The van der Waals surface area contributed by atoms with Crippen LogP contribution in [-0.2, 0) is 50.7 Å². The van der Waals surface area contributed by atoms with E-state index in [0.29, 0.717) is 12.2 Å².